The van der Waals surface area contributed by atoms with E-state index in [9.17, 15) is 19.1 Å². The van der Waals surface area contributed by atoms with Crippen LogP contribution in [0.3, 0.4) is 0 Å². The summed E-state index contributed by atoms with van der Waals surface area (Å²) in [5.74, 6) is 1.09. The van der Waals surface area contributed by atoms with E-state index in [2.05, 4.69) is 6.07 Å². The van der Waals surface area contributed by atoms with Crippen molar-refractivity contribution in [3.63, 3.8) is 0 Å². The second kappa shape index (κ2) is 17.6. The van der Waals surface area contributed by atoms with Gasteiger partial charge in [0.1, 0.15) is 35.3 Å². The third-order valence-corrected chi connectivity index (χ3v) is 7.59. The summed E-state index contributed by atoms with van der Waals surface area (Å²) in [6, 6.07) is 15.7. The van der Waals surface area contributed by atoms with Gasteiger partial charge in [-0.05, 0) is 82.6 Å². The maximum Gasteiger partial charge on any atom is 0.470 e. The molecule has 2 unspecified atom stereocenters. The Morgan fingerprint density at radius 2 is 1.71 bits per heavy atom. The number of phosphoric ester groups is 1. The molecule has 42 heavy (non-hydrogen) atoms. The first-order valence-corrected chi connectivity index (χ1v) is 15.8. The molecule has 0 spiro atoms. The highest BCUT2D eigenvalue weighted by atomic mass is 35.5. The normalized spacial score (nSPS) is 13.9. The highest BCUT2D eigenvalue weighted by Crippen LogP contribution is 2.40. The molecule has 0 radical (unpaired) electrons. The molecule has 0 aliphatic rings. The molecular formula is C30H44ClN2O8P. The highest BCUT2D eigenvalue weighted by Gasteiger charge is 2.29. The summed E-state index contributed by atoms with van der Waals surface area (Å²) >= 11 is 6.37. The zero-order chi connectivity index (χ0) is 31.3. The van der Waals surface area contributed by atoms with Crippen LogP contribution in [-0.4, -0.2) is 91.8 Å². The Labute approximate surface area is 254 Å². The number of hydrogen-bond acceptors (Lipinski definition) is 7. The number of hydrogen-bond donors (Lipinski definition) is 2. The van der Waals surface area contributed by atoms with E-state index in [1.807, 2.05) is 75.3 Å². The lowest BCUT2D eigenvalue weighted by atomic mass is 10.0. The number of carbonyl (C=O) groups excluding carboxylic acids is 1. The van der Waals surface area contributed by atoms with Gasteiger partial charge in [-0.15, -0.1) is 0 Å². The van der Waals surface area contributed by atoms with E-state index < -0.39 is 25.9 Å². The molecule has 0 aliphatic heterocycles. The van der Waals surface area contributed by atoms with Gasteiger partial charge in [-0.1, -0.05) is 41.9 Å². The summed E-state index contributed by atoms with van der Waals surface area (Å²) in [6.07, 6.45) is -0.184. The lowest BCUT2D eigenvalue weighted by Crippen LogP contribution is -2.37. The number of carbonyl (C=O) groups is 1. The van der Waals surface area contributed by atoms with E-state index in [0.717, 1.165) is 35.5 Å². The van der Waals surface area contributed by atoms with E-state index in [1.165, 1.54) is 11.8 Å². The minimum Gasteiger partial charge on any atom is -0.497 e. The smallest absolute Gasteiger partial charge is 0.470 e. The molecule has 0 aromatic heterocycles. The minimum absolute atomic E-state index is 0.161. The summed E-state index contributed by atoms with van der Waals surface area (Å²) in [7, 11) is 0.483. The largest absolute Gasteiger partial charge is 0.497 e. The van der Waals surface area contributed by atoms with Gasteiger partial charge in [0.25, 0.3) is 5.91 Å². The van der Waals surface area contributed by atoms with Gasteiger partial charge in [0.15, 0.2) is 0 Å². The third-order valence-electron chi connectivity index (χ3n) is 6.60. The number of likely N-dealkylation sites (N-methyl/N-ethyl adjacent to an activating group) is 2. The summed E-state index contributed by atoms with van der Waals surface area (Å²) in [5.41, 5.74) is 2.35. The van der Waals surface area contributed by atoms with Crippen molar-refractivity contribution in [2.24, 2.45) is 0 Å². The summed E-state index contributed by atoms with van der Waals surface area (Å²) in [5, 5.41) is -0.161. The Morgan fingerprint density at radius 3 is 2.33 bits per heavy atom. The maximum atomic E-state index is 12.8. The Morgan fingerprint density at radius 1 is 1.02 bits per heavy atom. The zero-order valence-corrected chi connectivity index (χ0v) is 26.9. The molecule has 2 aromatic carbocycles. The Kier molecular flexibility index (Phi) is 15.0. The second-order valence-corrected chi connectivity index (χ2v) is 11.6. The number of halogens is 1. The number of para-hydroxylation sites is 1. The average Bonchev–Trinajstić information content (AvgIpc) is 2.96. The van der Waals surface area contributed by atoms with Crippen molar-refractivity contribution < 1.29 is 37.9 Å². The molecule has 2 atom stereocenters. The van der Waals surface area contributed by atoms with Gasteiger partial charge in [0, 0.05) is 19.6 Å². The SMILES string of the molecule is CCN(CC)C(=O)/C(Cl)=C(/C)C(COC(COc1ccccc1CCc1cccc(OC)c1)CN(C)C)OP(=O)(O)O. The molecule has 12 heteroatoms. The summed E-state index contributed by atoms with van der Waals surface area (Å²) in [6.45, 7) is 6.38. The second-order valence-electron chi connectivity index (χ2n) is 10.0. The standard InChI is InChI=1S/C30H44ClN2O8P/c1-7-33(8-2)30(34)29(31)22(3)28(41-42(35,36)37)21-39-26(19-32(4)5)20-40-27-15-10-9-13-24(27)17-16-23-12-11-14-25(18-23)38-6/h9-15,18,26,28H,7-8,16-17,19-21H2,1-6H3,(H2,35,36,37)/b29-22+. The van der Waals surface area contributed by atoms with Crippen LogP contribution in [0.4, 0.5) is 0 Å². The molecule has 2 aromatic rings. The molecule has 1 amide bonds. The summed E-state index contributed by atoms with van der Waals surface area (Å²) in [4.78, 5) is 35.3. The van der Waals surface area contributed by atoms with Crippen LogP contribution in [0.15, 0.2) is 59.1 Å². The van der Waals surface area contributed by atoms with Crippen LogP contribution < -0.4 is 9.47 Å². The average molecular weight is 627 g/mol. The lowest BCUT2D eigenvalue weighted by molar-refractivity contribution is -0.126. The molecule has 0 bridgehead atoms. The maximum absolute atomic E-state index is 12.8. The number of rotatable bonds is 18. The number of aryl methyl sites for hydroxylation is 2. The molecule has 0 saturated heterocycles. The van der Waals surface area contributed by atoms with Crippen LogP contribution in [0.1, 0.15) is 31.9 Å². The van der Waals surface area contributed by atoms with Crippen molar-refractivity contribution in [1.82, 2.24) is 9.80 Å². The van der Waals surface area contributed by atoms with Gasteiger partial charge in [-0.2, -0.15) is 0 Å². The first-order valence-electron chi connectivity index (χ1n) is 13.9. The fraction of sp³-hybridized carbons (Fsp3) is 0.500. The van der Waals surface area contributed by atoms with Crippen LogP contribution in [0, 0.1) is 0 Å². The monoisotopic (exact) mass is 626 g/mol. The van der Waals surface area contributed by atoms with Gasteiger partial charge < -0.3 is 33.8 Å². The van der Waals surface area contributed by atoms with Crippen LogP contribution in [0.25, 0.3) is 0 Å². The lowest BCUT2D eigenvalue weighted by Gasteiger charge is -2.27. The minimum atomic E-state index is -4.93. The predicted molar refractivity (Wildman–Crippen MR) is 164 cm³/mol. The number of phosphoric acid groups is 1. The summed E-state index contributed by atoms with van der Waals surface area (Å²) < 4.78 is 34.4. The molecule has 10 nitrogen and oxygen atoms in total. The fourth-order valence-electron chi connectivity index (χ4n) is 4.29. The predicted octanol–water partition coefficient (Wildman–Crippen LogP) is 4.67. The first kappa shape index (κ1) is 35.8. The van der Waals surface area contributed by atoms with Gasteiger partial charge in [-0.25, -0.2) is 4.57 Å². The van der Waals surface area contributed by atoms with Gasteiger partial charge in [-0.3, -0.25) is 9.32 Å². The number of ether oxygens (including phenoxy) is 3. The van der Waals surface area contributed by atoms with Gasteiger partial charge in [0.2, 0.25) is 0 Å². The van der Waals surface area contributed by atoms with Crippen molar-refractivity contribution >= 4 is 25.3 Å². The molecule has 2 rings (SSSR count). The van der Waals surface area contributed by atoms with E-state index in [0.29, 0.717) is 19.6 Å². The van der Waals surface area contributed by atoms with Gasteiger partial charge >= 0.3 is 7.82 Å². The third kappa shape index (κ3) is 12.1. The van der Waals surface area contributed by atoms with Crippen molar-refractivity contribution in [2.75, 3.05) is 54.1 Å². The number of nitrogens with zero attached hydrogens (tertiary/aromatic N) is 2. The Hall–Kier alpha value is -2.43. The Balaban J connectivity index is 2.17. The van der Waals surface area contributed by atoms with Crippen molar-refractivity contribution in [3.8, 4) is 11.5 Å². The van der Waals surface area contributed by atoms with E-state index in [4.69, 9.17) is 30.3 Å². The number of amides is 1. The van der Waals surface area contributed by atoms with Crippen molar-refractivity contribution in [2.45, 2.75) is 45.8 Å². The Bertz CT molecular complexity index is 1220. The van der Waals surface area contributed by atoms with Crippen LogP contribution in [0.5, 0.6) is 11.5 Å². The fourth-order valence-corrected chi connectivity index (χ4v) is 5.08. The van der Waals surface area contributed by atoms with Crippen LogP contribution in [0.2, 0.25) is 0 Å². The van der Waals surface area contributed by atoms with Crippen molar-refractivity contribution in [1.29, 1.82) is 0 Å². The van der Waals surface area contributed by atoms with E-state index in [-0.39, 0.29) is 23.8 Å². The molecule has 0 fully saturated rings. The molecule has 2 N–H and O–H groups in total. The topological polar surface area (TPSA) is 118 Å². The molecule has 234 valence electrons. The zero-order valence-electron chi connectivity index (χ0n) is 25.3. The molecular weight excluding hydrogens is 583 g/mol. The number of methoxy groups -OCH3 is 1. The highest BCUT2D eigenvalue weighted by molar-refractivity contribution is 7.46. The molecule has 0 saturated carbocycles. The number of benzene rings is 2. The van der Waals surface area contributed by atoms with E-state index >= 15 is 0 Å². The first-order chi connectivity index (χ1) is 19.9. The quantitative estimate of drug-likeness (QED) is 0.180. The van der Waals surface area contributed by atoms with Crippen LogP contribution in [-0.2, 0) is 31.5 Å². The molecule has 0 heterocycles. The van der Waals surface area contributed by atoms with Gasteiger partial charge in [0.05, 0.1) is 13.7 Å². The van der Waals surface area contributed by atoms with Crippen molar-refractivity contribution in [3.05, 3.63) is 70.3 Å². The van der Waals surface area contributed by atoms with Crippen LogP contribution >= 0.6 is 19.4 Å². The molecule has 0 aliphatic carbocycles. The van der Waals surface area contributed by atoms with E-state index in [1.54, 1.807) is 7.11 Å².